The molecule has 3 rings (SSSR count). The normalized spacial score (nSPS) is 21.4. The van der Waals surface area contributed by atoms with Gasteiger partial charge in [-0.1, -0.05) is 31.0 Å². The standard InChI is InChI=1S/C17H22N2O2/c1-12-10-13-6-2-5-9-15(13)19(12)17(21)11-16(20)18-14-7-3-4-8-14/h2,5-6,9,12,14H,3-4,7-8,10-11H2,1H3,(H,18,20). The molecule has 1 aliphatic heterocycles. The molecule has 0 spiro atoms. The van der Waals surface area contributed by atoms with Crippen molar-refractivity contribution in [2.24, 2.45) is 0 Å². The van der Waals surface area contributed by atoms with Gasteiger partial charge in [0.15, 0.2) is 0 Å². The smallest absolute Gasteiger partial charge is 0.236 e. The highest BCUT2D eigenvalue weighted by molar-refractivity contribution is 6.06. The van der Waals surface area contributed by atoms with Gasteiger partial charge in [0.05, 0.1) is 0 Å². The maximum Gasteiger partial charge on any atom is 0.236 e. The van der Waals surface area contributed by atoms with Crippen LogP contribution in [0.5, 0.6) is 0 Å². The number of anilines is 1. The van der Waals surface area contributed by atoms with Crippen LogP contribution in [0.2, 0.25) is 0 Å². The third kappa shape index (κ3) is 2.94. The lowest BCUT2D eigenvalue weighted by molar-refractivity contribution is -0.128. The van der Waals surface area contributed by atoms with Gasteiger partial charge < -0.3 is 10.2 Å². The van der Waals surface area contributed by atoms with E-state index in [1.54, 1.807) is 4.90 Å². The molecular weight excluding hydrogens is 264 g/mol. The summed E-state index contributed by atoms with van der Waals surface area (Å²) >= 11 is 0. The second kappa shape index (κ2) is 5.88. The Kier molecular flexibility index (Phi) is 3.95. The lowest BCUT2D eigenvalue weighted by Crippen LogP contribution is -2.41. The van der Waals surface area contributed by atoms with E-state index in [2.05, 4.69) is 11.4 Å². The maximum atomic E-state index is 12.5. The number of nitrogens with one attached hydrogen (secondary N) is 1. The number of para-hydroxylation sites is 1. The van der Waals surface area contributed by atoms with Crippen molar-refractivity contribution in [3.63, 3.8) is 0 Å². The van der Waals surface area contributed by atoms with Crippen LogP contribution >= 0.6 is 0 Å². The van der Waals surface area contributed by atoms with Crippen LogP contribution in [-0.2, 0) is 16.0 Å². The lowest BCUT2D eigenvalue weighted by Gasteiger charge is -2.23. The van der Waals surface area contributed by atoms with E-state index in [0.29, 0.717) is 0 Å². The van der Waals surface area contributed by atoms with Gasteiger partial charge in [-0.05, 0) is 37.8 Å². The van der Waals surface area contributed by atoms with Crippen LogP contribution in [0, 0.1) is 0 Å². The third-order valence-electron chi connectivity index (χ3n) is 4.51. The molecular formula is C17H22N2O2. The largest absolute Gasteiger partial charge is 0.353 e. The Labute approximate surface area is 125 Å². The number of carbonyl (C=O) groups is 2. The molecule has 0 bridgehead atoms. The van der Waals surface area contributed by atoms with Gasteiger partial charge in [0.25, 0.3) is 0 Å². The van der Waals surface area contributed by atoms with Crippen molar-refractivity contribution in [2.45, 2.75) is 57.5 Å². The van der Waals surface area contributed by atoms with E-state index in [-0.39, 0.29) is 30.3 Å². The highest BCUT2D eigenvalue weighted by atomic mass is 16.2. The average molecular weight is 286 g/mol. The monoisotopic (exact) mass is 286 g/mol. The summed E-state index contributed by atoms with van der Waals surface area (Å²) < 4.78 is 0. The van der Waals surface area contributed by atoms with Crippen LogP contribution in [-0.4, -0.2) is 23.9 Å². The molecule has 1 saturated carbocycles. The van der Waals surface area contributed by atoms with Crippen LogP contribution in [0.3, 0.4) is 0 Å². The van der Waals surface area contributed by atoms with E-state index in [0.717, 1.165) is 24.9 Å². The summed E-state index contributed by atoms with van der Waals surface area (Å²) in [6.45, 7) is 2.03. The van der Waals surface area contributed by atoms with Crippen LogP contribution in [0.4, 0.5) is 5.69 Å². The Morgan fingerprint density at radius 2 is 1.95 bits per heavy atom. The minimum atomic E-state index is -0.136. The Morgan fingerprint density at radius 1 is 1.24 bits per heavy atom. The number of carbonyl (C=O) groups excluding carboxylic acids is 2. The summed E-state index contributed by atoms with van der Waals surface area (Å²) in [7, 11) is 0. The Balaban J connectivity index is 1.64. The van der Waals surface area contributed by atoms with Crippen LogP contribution in [0.25, 0.3) is 0 Å². The van der Waals surface area contributed by atoms with Crippen LogP contribution in [0.1, 0.15) is 44.6 Å². The summed E-state index contributed by atoms with van der Waals surface area (Å²) in [5.74, 6) is -0.230. The van der Waals surface area contributed by atoms with Gasteiger partial charge in [0.2, 0.25) is 11.8 Å². The Morgan fingerprint density at radius 3 is 2.71 bits per heavy atom. The summed E-state index contributed by atoms with van der Waals surface area (Å²) in [5, 5.41) is 2.99. The highest BCUT2D eigenvalue weighted by Gasteiger charge is 2.31. The van der Waals surface area contributed by atoms with Gasteiger partial charge in [0, 0.05) is 17.8 Å². The molecule has 1 atom stereocenters. The van der Waals surface area contributed by atoms with Crippen molar-refractivity contribution < 1.29 is 9.59 Å². The van der Waals surface area contributed by atoms with E-state index in [1.807, 2.05) is 25.1 Å². The zero-order chi connectivity index (χ0) is 14.8. The van der Waals surface area contributed by atoms with Crippen molar-refractivity contribution in [3.8, 4) is 0 Å². The van der Waals surface area contributed by atoms with Gasteiger partial charge in [-0.25, -0.2) is 0 Å². The molecule has 1 unspecified atom stereocenters. The molecule has 1 aromatic carbocycles. The number of nitrogens with zero attached hydrogens (tertiary/aromatic N) is 1. The van der Waals surface area contributed by atoms with E-state index < -0.39 is 0 Å². The predicted octanol–water partition coefficient (Wildman–Crippen LogP) is 2.41. The number of amides is 2. The highest BCUT2D eigenvalue weighted by Crippen LogP contribution is 2.32. The number of fused-ring (bicyclic) bond motifs is 1. The first-order valence-corrected chi connectivity index (χ1v) is 7.84. The lowest BCUT2D eigenvalue weighted by atomic mass is 10.1. The predicted molar refractivity (Wildman–Crippen MR) is 82.1 cm³/mol. The molecule has 0 radical (unpaired) electrons. The Bertz CT molecular complexity index is 549. The fraction of sp³-hybridized carbons (Fsp3) is 0.529. The Hall–Kier alpha value is -1.84. The fourth-order valence-electron chi connectivity index (χ4n) is 3.52. The second-order valence-corrected chi connectivity index (χ2v) is 6.17. The summed E-state index contributed by atoms with van der Waals surface area (Å²) in [6.07, 6.45) is 5.26. The third-order valence-corrected chi connectivity index (χ3v) is 4.51. The summed E-state index contributed by atoms with van der Waals surface area (Å²) in [6, 6.07) is 8.36. The van der Waals surface area contributed by atoms with Crippen molar-refractivity contribution in [1.82, 2.24) is 5.32 Å². The number of rotatable bonds is 3. The van der Waals surface area contributed by atoms with Gasteiger partial charge in [-0.15, -0.1) is 0 Å². The van der Waals surface area contributed by atoms with E-state index in [9.17, 15) is 9.59 Å². The second-order valence-electron chi connectivity index (χ2n) is 6.17. The SMILES string of the molecule is CC1Cc2ccccc2N1C(=O)CC(=O)NC1CCCC1. The minimum absolute atomic E-state index is 0.0465. The number of benzene rings is 1. The molecule has 1 fully saturated rings. The van der Waals surface area contributed by atoms with Crippen LogP contribution < -0.4 is 10.2 Å². The minimum Gasteiger partial charge on any atom is -0.353 e. The molecule has 1 aliphatic carbocycles. The quantitative estimate of drug-likeness (QED) is 0.868. The van der Waals surface area contributed by atoms with E-state index in [4.69, 9.17) is 0 Å². The van der Waals surface area contributed by atoms with Gasteiger partial charge in [-0.3, -0.25) is 9.59 Å². The maximum absolute atomic E-state index is 12.5. The van der Waals surface area contributed by atoms with E-state index in [1.165, 1.54) is 18.4 Å². The van der Waals surface area contributed by atoms with Gasteiger partial charge in [-0.2, -0.15) is 0 Å². The van der Waals surface area contributed by atoms with Gasteiger partial charge >= 0.3 is 0 Å². The zero-order valence-electron chi connectivity index (χ0n) is 12.5. The van der Waals surface area contributed by atoms with Crippen molar-refractivity contribution in [1.29, 1.82) is 0 Å². The van der Waals surface area contributed by atoms with Crippen molar-refractivity contribution >= 4 is 17.5 Å². The molecule has 1 heterocycles. The molecule has 4 heteroatoms. The van der Waals surface area contributed by atoms with Crippen molar-refractivity contribution in [3.05, 3.63) is 29.8 Å². The first kappa shape index (κ1) is 14.1. The first-order valence-electron chi connectivity index (χ1n) is 7.84. The molecule has 1 aromatic rings. The summed E-state index contributed by atoms with van der Waals surface area (Å²) in [4.78, 5) is 26.3. The first-order chi connectivity index (χ1) is 10.1. The summed E-state index contributed by atoms with van der Waals surface area (Å²) in [5.41, 5.74) is 2.15. The fourth-order valence-corrected chi connectivity index (χ4v) is 3.52. The number of hydrogen-bond donors (Lipinski definition) is 1. The van der Waals surface area contributed by atoms with Crippen LogP contribution in [0.15, 0.2) is 24.3 Å². The van der Waals surface area contributed by atoms with Crippen molar-refractivity contribution in [2.75, 3.05) is 4.90 Å². The van der Waals surface area contributed by atoms with Gasteiger partial charge in [0.1, 0.15) is 6.42 Å². The molecule has 0 saturated heterocycles. The molecule has 21 heavy (non-hydrogen) atoms. The molecule has 0 aromatic heterocycles. The zero-order valence-corrected chi connectivity index (χ0v) is 12.5. The number of hydrogen-bond acceptors (Lipinski definition) is 2. The molecule has 112 valence electrons. The average Bonchev–Trinajstić information content (AvgIpc) is 3.04. The molecule has 2 amide bonds. The molecule has 1 N–H and O–H groups in total. The van der Waals surface area contributed by atoms with E-state index >= 15 is 0 Å². The topological polar surface area (TPSA) is 49.4 Å². The molecule has 4 nitrogen and oxygen atoms in total. The molecule has 2 aliphatic rings.